The number of carboxylic acid groups (broad SMARTS) is 1. The highest BCUT2D eigenvalue weighted by Gasteiger charge is 2.22. The van der Waals surface area contributed by atoms with Crippen LogP contribution in [0.3, 0.4) is 0 Å². The first-order chi connectivity index (χ1) is 11.9. The Bertz CT molecular complexity index is 806. The van der Waals surface area contributed by atoms with E-state index in [1.807, 2.05) is 6.07 Å². The predicted molar refractivity (Wildman–Crippen MR) is 94.5 cm³/mol. The maximum atomic E-state index is 12.3. The molecule has 0 spiro atoms. The molecule has 130 valence electrons. The zero-order chi connectivity index (χ0) is 18.4. The largest absolute Gasteiger partial charge is 0.480 e. The maximum absolute atomic E-state index is 12.3. The van der Waals surface area contributed by atoms with Gasteiger partial charge in [-0.3, -0.25) is 9.59 Å². The number of ether oxygens (including phenoxy) is 1. The lowest BCUT2D eigenvalue weighted by Gasteiger charge is -2.16. The lowest BCUT2D eigenvalue weighted by atomic mass is 10.1. The van der Waals surface area contributed by atoms with Crippen LogP contribution in [-0.2, 0) is 16.0 Å². The maximum Gasteiger partial charge on any atom is 0.326 e. The summed E-state index contributed by atoms with van der Waals surface area (Å²) < 4.78 is 5.70. The fourth-order valence-corrected chi connectivity index (χ4v) is 2.64. The van der Waals surface area contributed by atoms with Gasteiger partial charge in [0.1, 0.15) is 11.8 Å². The summed E-state index contributed by atoms with van der Waals surface area (Å²) in [6, 6.07) is 12.1. The summed E-state index contributed by atoms with van der Waals surface area (Å²) in [6.07, 6.45) is 0.131. The molecule has 25 heavy (non-hydrogen) atoms. The molecule has 0 saturated carbocycles. The molecule has 2 N–H and O–H groups in total. The first-order valence-electron chi connectivity index (χ1n) is 7.42. The Kier molecular flexibility index (Phi) is 6.30. The molecule has 7 heteroatoms. The third kappa shape index (κ3) is 5.42. The van der Waals surface area contributed by atoms with Gasteiger partial charge in [0.15, 0.2) is 0 Å². The Morgan fingerprint density at radius 1 is 1.16 bits per heavy atom. The van der Waals surface area contributed by atoms with Crippen molar-refractivity contribution in [3.05, 3.63) is 64.1 Å². The van der Waals surface area contributed by atoms with Gasteiger partial charge in [-0.25, -0.2) is 4.79 Å². The summed E-state index contributed by atoms with van der Waals surface area (Å²) in [5, 5.41) is 11.9. The molecule has 0 fully saturated rings. The van der Waals surface area contributed by atoms with Crippen molar-refractivity contribution in [1.29, 1.82) is 0 Å². The summed E-state index contributed by atoms with van der Waals surface area (Å²) in [6.45, 7) is 1.25. The van der Waals surface area contributed by atoms with Crippen molar-refractivity contribution in [2.75, 3.05) is 0 Å². The second kappa shape index (κ2) is 8.43. The Morgan fingerprint density at radius 2 is 1.88 bits per heavy atom. The molecule has 0 saturated heterocycles. The number of carbonyl (C=O) groups excluding carboxylic acids is 2. The normalized spacial score (nSPS) is 11.4. The molecule has 2 rings (SSSR count). The summed E-state index contributed by atoms with van der Waals surface area (Å²) >= 11 is 3.36. The first kappa shape index (κ1) is 18.7. The van der Waals surface area contributed by atoms with E-state index in [0.717, 1.165) is 10.0 Å². The van der Waals surface area contributed by atoms with E-state index < -0.39 is 23.9 Å². The number of rotatable bonds is 6. The summed E-state index contributed by atoms with van der Waals surface area (Å²) in [5.41, 5.74) is 0.973. The molecular formula is C18H16BrNO5. The first-order valence-corrected chi connectivity index (χ1v) is 8.21. The molecule has 1 amide bonds. The number of aliphatic carboxylic acids is 1. The molecule has 0 unspecified atom stereocenters. The van der Waals surface area contributed by atoms with Crippen molar-refractivity contribution >= 4 is 33.8 Å². The van der Waals surface area contributed by atoms with Gasteiger partial charge in [-0.05, 0) is 29.8 Å². The van der Waals surface area contributed by atoms with Crippen LogP contribution in [0.25, 0.3) is 0 Å². The molecule has 2 aromatic rings. The standard InChI is InChI=1S/C18H16BrNO5/c1-11(21)25-14-7-4-6-13(9-14)17(22)20-16(18(23)24)10-12-5-2-3-8-15(12)19/h2-9,16H,10H2,1H3,(H,20,22)(H,23,24)/t16-/m1/s1. The SMILES string of the molecule is CC(=O)Oc1cccc(C(=O)N[C@H](Cc2ccccc2Br)C(=O)O)c1. The van der Waals surface area contributed by atoms with Crippen LogP contribution in [0.1, 0.15) is 22.8 Å². The van der Waals surface area contributed by atoms with Gasteiger partial charge in [0.2, 0.25) is 0 Å². The van der Waals surface area contributed by atoms with E-state index in [-0.39, 0.29) is 17.7 Å². The smallest absolute Gasteiger partial charge is 0.326 e. The van der Waals surface area contributed by atoms with E-state index in [4.69, 9.17) is 4.74 Å². The Hall–Kier alpha value is -2.67. The van der Waals surface area contributed by atoms with E-state index in [0.29, 0.717) is 0 Å². The number of carbonyl (C=O) groups is 3. The number of amides is 1. The van der Waals surface area contributed by atoms with Crippen molar-refractivity contribution in [2.24, 2.45) is 0 Å². The van der Waals surface area contributed by atoms with Gasteiger partial charge in [0.25, 0.3) is 5.91 Å². The Labute approximate surface area is 152 Å². The molecule has 0 aliphatic rings. The van der Waals surface area contributed by atoms with Gasteiger partial charge in [0.05, 0.1) is 0 Å². The van der Waals surface area contributed by atoms with Crippen molar-refractivity contribution in [2.45, 2.75) is 19.4 Å². The van der Waals surface area contributed by atoms with Crippen molar-refractivity contribution < 1.29 is 24.2 Å². The quantitative estimate of drug-likeness (QED) is 0.569. The van der Waals surface area contributed by atoms with Gasteiger partial charge >= 0.3 is 11.9 Å². The van der Waals surface area contributed by atoms with E-state index >= 15 is 0 Å². The van der Waals surface area contributed by atoms with Crippen molar-refractivity contribution in [3.8, 4) is 5.75 Å². The minimum atomic E-state index is -1.14. The molecule has 0 aliphatic heterocycles. The van der Waals surface area contributed by atoms with Crippen molar-refractivity contribution in [1.82, 2.24) is 5.32 Å². The van der Waals surface area contributed by atoms with E-state index in [2.05, 4.69) is 21.2 Å². The monoisotopic (exact) mass is 405 g/mol. The summed E-state index contributed by atoms with van der Waals surface area (Å²) in [7, 11) is 0. The number of esters is 1. The van der Waals surface area contributed by atoms with Crippen LogP contribution in [0.4, 0.5) is 0 Å². The fraction of sp³-hybridized carbons (Fsp3) is 0.167. The van der Waals surface area contributed by atoms with Gasteiger partial charge < -0.3 is 15.2 Å². The van der Waals surface area contributed by atoms with Crippen LogP contribution in [-0.4, -0.2) is 29.0 Å². The lowest BCUT2D eigenvalue weighted by molar-refractivity contribution is -0.139. The Balaban J connectivity index is 2.14. The average Bonchev–Trinajstić information content (AvgIpc) is 2.55. The third-order valence-corrected chi connectivity index (χ3v) is 4.12. The van der Waals surface area contributed by atoms with Crippen molar-refractivity contribution in [3.63, 3.8) is 0 Å². The molecule has 0 aromatic heterocycles. The van der Waals surface area contributed by atoms with Crippen LogP contribution >= 0.6 is 15.9 Å². The van der Waals surface area contributed by atoms with Gasteiger partial charge in [0, 0.05) is 23.4 Å². The molecule has 0 bridgehead atoms. The topological polar surface area (TPSA) is 92.7 Å². The molecular weight excluding hydrogens is 390 g/mol. The number of nitrogens with one attached hydrogen (secondary N) is 1. The number of benzene rings is 2. The molecule has 2 aromatic carbocycles. The summed E-state index contributed by atoms with van der Waals surface area (Å²) in [5.74, 6) is -1.98. The van der Waals surface area contributed by atoms with Crippen LogP contribution in [0.2, 0.25) is 0 Å². The number of halogens is 1. The highest BCUT2D eigenvalue weighted by Crippen LogP contribution is 2.18. The zero-order valence-electron chi connectivity index (χ0n) is 13.4. The molecule has 0 radical (unpaired) electrons. The van der Waals surface area contributed by atoms with Crippen LogP contribution in [0.5, 0.6) is 5.75 Å². The molecule has 1 atom stereocenters. The van der Waals surface area contributed by atoms with Crippen LogP contribution in [0.15, 0.2) is 53.0 Å². The van der Waals surface area contributed by atoms with Crippen LogP contribution in [0, 0.1) is 0 Å². The molecule has 0 aliphatic carbocycles. The van der Waals surface area contributed by atoms with Crippen LogP contribution < -0.4 is 10.1 Å². The second-order valence-corrected chi connectivity index (χ2v) is 6.14. The zero-order valence-corrected chi connectivity index (χ0v) is 14.9. The minimum absolute atomic E-state index is 0.131. The minimum Gasteiger partial charge on any atom is -0.480 e. The molecule has 6 nitrogen and oxygen atoms in total. The second-order valence-electron chi connectivity index (χ2n) is 5.28. The third-order valence-electron chi connectivity index (χ3n) is 3.34. The molecule has 0 heterocycles. The van der Waals surface area contributed by atoms with Gasteiger partial charge in [-0.1, -0.05) is 40.2 Å². The van der Waals surface area contributed by atoms with Gasteiger partial charge in [-0.15, -0.1) is 0 Å². The average molecular weight is 406 g/mol. The fourth-order valence-electron chi connectivity index (χ4n) is 2.19. The van der Waals surface area contributed by atoms with E-state index in [1.165, 1.54) is 25.1 Å². The Morgan fingerprint density at radius 3 is 2.52 bits per heavy atom. The lowest BCUT2D eigenvalue weighted by Crippen LogP contribution is -2.42. The van der Waals surface area contributed by atoms with E-state index in [9.17, 15) is 19.5 Å². The predicted octanol–water partition coefficient (Wildman–Crippen LogP) is 2.80. The number of hydrogen-bond acceptors (Lipinski definition) is 4. The highest BCUT2D eigenvalue weighted by molar-refractivity contribution is 9.10. The van der Waals surface area contributed by atoms with Gasteiger partial charge in [-0.2, -0.15) is 0 Å². The highest BCUT2D eigenvalue weighted by atomic mass is 79.9. The number of hydrogen-bond donors (Lipinski definition) is 2. The number of carboxylic acids is 1. The van der Waals surface area contributed by atoms with E-state index in [1.54, 1.807) is 24.3 Å². The summed E-state index contributed by atoms with van der Waals surface area (Å²) in [4.78, 5) is 34.8.